The number of nitrogens with one attached hydrogen (secondary N) is 1. The molecule has 5 rings (SSSR count). The summed E-state index contributed by atoms with van der Waals surface area (Å²) in [6, 6.07) is 27.1. The highest BCUT2D eigenvalue weighted by atomic mass is 15.2. The van der Waals surface area contributed by atoms with Crippen LogP contribution in [0.1, 0.15) is 24.1 Å². The van der Waals surface area contributed by atoms with Crippen molar-refractivity contribution in [1.29, 1.82) is 0 Å². The lowest BCUT2D eigenvalue weighted by Crippen LogP contribution is -2.10. The Morgan fingerprint density at radius 1 is 0.839 bits per heavy atom. The Hall–Kier alpha value is -3.99. The van der Waals surface area contributed by atoms with Gasteiger partial charge in [0.1, 0.15) is 12.1 Å². The van der Waals surface area contributed by atoms with Crippen LogP contribution in [0.3, 0.4) is 0 Å². The van der Waals surface area contributed by atoms with Gasteiger partial charge >= 0.3 is 0 Å². The molecule has 2 heterocycles. The quantitative estimate of drug-likeness (QED) is 0.392. The van der Waals surface area contributed by atoms with Crippen LogP contribution in [0.2, 0.25) is 0 Å². The Labute approximate surface area is 181 Å². The van der Waals surface area contributed by atoms with E-state index in [2.05, 4.69) is 83.7 Å². The zero-order valence-electron chi connectivity index (χ0n) is 17.5. The third-order valence-electron chi connectivity index (χ3n) is 5.43. The molecule has 0 amide bonds. The minimum atomic E-state index is 0.105. The van der Waals surface area contributed by atoms with Crippen molar-refractivity contribution in [3.8, 4) is 16.9 Å². The van der Waals surface area contributed by atoms with Crippen LogP contribution in [0.25, 0.3) is 28.0 Å². The molecule has 31 heavy (non-hydrogen) atoms. The largest absolute Gasteiger partial charge is 0.348 e. The molecule has 3 aromatic carbocycles. The fraction of sp³-hybridized carbons (Fsp3) is 0.115. The average Bonchev–Trinajstić information content (AvgIpc) is 3.23. The van der Waals surface area contributed by atoms with E-state index in [9.17, 15) is 0 Å². The molecule has 0 saturated heterocycles. The number of imidazole rings is 1. The Balaban J connectivity index is 1.45. The number of nitrogens with zero attached hydrogens (tertiary/aromatic N) is 4. The highest BCUT2D eigenvalue weighted by Crippen LogP contribution is 2.26. The molecule has 5 aromatic rings. The van der Waals surface area contributed by atoms with E-state index in [0.29, 0.717) is 5.95 Å². The second-order valence-electron chi connectivity index (χ2n) is 7.70. The maximum atomic E-state index is 4.72. The fourth-order valence-electron chi connectivity index (χ4n) is 3.77. The number of anilines is 1. The first-order valence-corrected chi connectivity index (χ1v) is 10.4. The molecule has 1 N–H and O–H groups in total. The average molecular weight is 406 g/mol. The number of rotatable bonds is 5. The van der Waals surface area contributed by atoms with Gasteiger partial charge in [-0.25, -0.2) is 9.97 Å². The highest BCUT2D eigenvalue weighted by Gasteiger charge is 2.11. The molecular weight excluding hydrogens is 382 g/mol. The van der Waals surface area contributed by atoms with Crippen molar-refractivity contribution in [2.24, 2.45) is 0 Å². The second-order valence-corrected chi connectivity index (χ2v) is 7.70. The van der Waals surface area contributed by atoms with Gasteiger partial charge in [-0.2, -0.15) is 4.98 Å². The van der Waals surface area contributed by atoms with E-state index in [4.69, 9.17) is 4.98 Å². The van der Waals surface area contributed by atoms with E-state index in [-0.39, 0.29) is 6.04 Å². The number of fused-ring (bicyclic) bond motifs is 1. The van der Waals surface area contributed by atoms with Crippen molar-refractivity contribution in [2.75, 3.05) is 5.32 Å². The molecule has 0 saturated carbocycles. The first-order valence-electron chi connectivity index (χ1n) is 10.4. The molecule has 2 aromatic heterocycles. The maximum Gasteiger partial charge on any atom is 0.225 e. The van der Waals surface area contributed by atoms with E-state index in [1.807, 2.05) is 35.2 Å². The highest BCUT2D eigenvalue weighted by molar-refractivity contribution is 5.83. The van der Waals surface area contributed by atoms with Gasteiger partial charge in [-0.1, -0.05) is 66.2 Å². The van der Waals surface area contributed by atoms with E-state index in [1.165, 1.54) is 16.7 Å². The normalized spacial score (nSPS) is 12.1. The van der Waals surface area contributed by atoms with Crippen LogP contribution < -0.4 is 5.32 Å². The summed E-state index contributed by atoms with van der Waals surface area (Å²) in [5.41, 5.74) is 6.73. The van der Waals surface area contributed by atoms with Crippen LogP contribution in [-0.2, 0) is 0 Å². The lowest BCUT2D eigenvalue weighted by Gasteiger charge is -2.14. The summed E-state index contributed by atoms with van der Waals surface area (Å²) in [6.45, 7) is 4.21. The SMILES string of the molecule is Cc1cccc(-c2ccc3c(c2)ncn3-c2ccnc(N[C@@H](C)c3ccccc3)n2)c1. The summed E-state index contributed by atoms with van der Waals surface area (Å²) < 4.78 is 2.00. The topological polar surface area (TPSA) is 55.6 Å². The maximum absolute atomic E-state index is 4.72. The third kappa shape index (κ3) is 3.90. The Morgan fingerprint density at radius 3 is 2.52 bits per heavy atom. The predicted octanol–water partition coefficient (Wildman–Crippen LogP) is 5.96. The molecule has 0 aliphatic carbocycles. The number of benzene rings is 3. The first kappa shape index (κ1) is 19.0. The van der Waals surface area contributed by atoms with Crippen molar-refractivity contribution in [1.82, 2.24) is 19.5 Å². The molecule has 0 bridgehead atoms. The summed E-state index contributed by atoms with van der Waals surface area (Å²) >= 11 is 0. The summed E-state index contributed by atoms with van der Waals surface area (Å²) in [5, 5.41) is 3.39. The van der Waals surface area contributed by atoms with Gasteiger partial charge < -0.3 is 5.32 Å². The third-order valence-corrected chi connectivity index (χ3v) is 5.43. The van der Waals surface area contributed by atoms with Gasteiger partial charge in [-0.05, 0) is 48.7 Å². The summed E-state index contributed by atoms with van der Waals surface area (Å²) in [4.78, 5) is 13.7. The van der Waals surface area contributed by atoms with Crippen LogP contribution >= 0.6 is 0 Å². The van der Waals surface area contributed by atoms with Crippen molar-refractivity contribution < 1.29 is 0 Å². The molecule has 5 heteroatoms. The van der Waals surface area contributed by atoms with Crippen molar-refractivity contribution in [3.63, 3.8) is 0 Å². The molecule has 0 radical (unpaired) electrons. The Kier molecular flexibility index (Phi) is 4.92. The monoisotopic (exact) mass is 405 g/mol. The van der Waals surface area contributed by atoms with Crippen molar-refractivity contribution in [3.05, 3.63) is 103 Å². The van der Waals surface area contributed by atoms with Gasteiger partial charge in [0.2, 0.25) is 5.95 Å². The van der Waals surface area contributed by atoms with Gasteiger partial charge in [0, 0.05) is 6.20 Å². The Morgan fingerprint density at radius 2 is 1.68 bits per heavy atom. The zero-order chi connectivity index (χ0) is 21.2. The van der Waals surface area contributed by atoms with Gasteiger partial charge in [0.05, 0.1) is 17.1 Å². The van der Waals surface area contributed by atoms with Crippen LogP contribution in [-0.4, -0.2) is 19.5 Å². The molecule has 0 spiro atoms. The summed E-state index contributed by atoms with van der Waals surface area (Å²) in [7, 11) is 0. The van der Waals surface area contributed by atoms with E-state index in [0.717, 1.165) is 22.4 Å². The minimum Gasteiger partial charge on any atom is -0.348 e. The number of aryl methyl sites for hydroxylation is 1. The number of hydrogen-bond acceptors (Lipinski definition) is 4. The zero-order valence-corrected chi connectivity index (χ0v) is 17.5. The fourth-order valence-corrected chi connectivity index (χ4v) is 3.77. The van der Waals surface area contributed by atoms with E-state index < -0.39 is 0 Å². The Bertz CT molecular complexity index is 1340. The van der Waals surface area contributed by atoms with Gasteiger partial charge in [0.25, 0.3) is 0 Å². The number of hydrogen-bond donors (Lipinski definition) is 1. The summed E-state index contributed by atoms with van der Waals surface area (Å²) in [6.07, 6.45) is 3.59. The van der Waals surface area contributed by atoms with Crippen LogP contribution in [0.4, 0.5) is 5.95 Å². The van der Waals surface area contributed by atoms with Gasteiger partial charge in [0.15, 0.2) is 0 Å². The first-order chi connectivity index (χ1) is 15.2. The summed E-state index contributed by atoms with van der Waals surface area (Å²) in [5.74, 6) is 1.37. The van der Waals surface area contributed by atoms with E-state index in [1.54, 1.807) is 6.20 Å². The van der Waals surface area contributed by atoms with Gasteiger partial charge in [-0.3, -0.25) is 4.57 Å². The molecule has 1 atom stereocenters. The van der Waals surface area contributed by atoms with Crippen molar-refractivity contribution >= 4 is 17.0 Å². The lowest BCUT2D eigenvalue weighted by atomic mass is 10.0. The molecule has 0 fully saturated rings. The standard InChI is InChI=1S/C26H23N5/c1-18-7-6-10-21(15-18)22-11-12-24-23(16-22)28-17-31(24)25-13-14-27-26(30-25)29-19(2)20-8-4-3-5-9-20/h3-17,19H,1-2H3,(H,27,29,30)/t19-/m0/s1. The van der Waals surface area contributed by atoms with Crippen LogP contribution in [0.15, 0.2) is 91.4 Å². The second kappa shape index (κ2) is 8.03. The lowest BCUT2D eigenvalue weighted by molar-refractivity contribution is 0.854. The predicted molar refractivity (Wildman–Crippen MR) is 125 cm³/mol. The van der Waals surface area contributed by atoms with E-state index >= 15 is 0 Å². The molecule has 0 unspecified atom stereocenters. The van der Waals surface area contributed by atoms with Crippen molar-refractivity contribution in [2.45, 2.75) is 19.9 Å². The molecule has 5 nitrogen and oxygen atoms in total. The number of aromatic nitrogens is 4. The molecule has 0 aliphatic rings. The van der Waals surface area contributed by atoms with Crippen LogP contribution in [0.5, 0.6) is 0 Å². The molecular formula is C26H23N5. The smallest absolute Gasteiger partial charge is 0.225 e. The molecule has 152 valence electrons. The minimum absolute atomic E-state index is 0.105. The molecule has 0 aliphatic heterocycles. The van der Waals surface area contributed by atoms with Crippen LogP contribution in [0, 0.1) is 6.92 Å². The van der Waals surface area contributed by atoms with Gasteiger partial charge in [-0.15, -0.1) is 0 Å².